The summed E-state index contributed by atoms with van der Waals surface area (Å²) >= 11 is 0. The van der Waals surface area contributed by atoms with Gasteiger partial charge in [-0.2, -0.15) is 4.31 Å². The number of benzene rings is 1. The third kappa shape index (κ3) is 3.20. The number of nitro groups is 1. The maximum Gasteiger partial charge on any atom is 0.293 e. The first-order valence-electron chi connectivity index (χ1n) is 5.96. The molecule has 1 aliphatic heterocycles. The van der Waals surface area contributed by atoms with Crippen molar-refractivity contribution in [2.24, 2.45) is 5.84 Å². The third-order valence-corrected chi connectivity index (χ3v) is 6.27. The lowest BCUT2D eigenvalue weighted by molar-refractivity contribution is -0.384. The van der Waals surface area contributed by atoms with Gasteiger partial charge >= 0.3 is 0 Å². The summed E-state index contributed by atoms with van der Waals surface area (Å²) < 4.78 is 37.4. The predicted molar refractivity (Wildman–Crippen MR) is 77.5 cm³/mol. The minimum absolute atomic E-state index is 0.0818. The second-order valence-corrected chi connectivity index (χ2v) is 7.97. The number of hydrogen-bond donors (Lipinski definition) is 2. The van der Waals surface area contributed by atoms with Crippen LogP contribution in [-0.2, 0) is 20.8 Å². The second kappa shape index (κ2) is 6.05. The first kappa shape index (κ1) is 15.8. The molecule has 0 amide bonds. The zero-order valence-electron chi connectivity index (χ0n) is 10.9. The number of anilines is 1. The fourth-order valence-corrected chi connectivity index (χ4v) is 4.71. The van der Waals surface area contributed by atoms with Crippen molar-refractivity contribution in [3.05, 3.63) is 28.3 Å². The summed E-state index contributed by atoms with van der Waals surface area (Å²) in [6, 6.07) is 3.38. The number of rotatable bonds is 4. The molecule has 1 saturated heterocycles. The molecule has 1 aliphatic rings. The molecule has 3 N–H and O–H groups in total. The summed E-state index contributed by atoms with van der Waals surface area (Å²) in [4.78, 5) is 10.0. The average Bonchev–Trinajstić information content (AvgIpc) is 2.46. The lowest BCUT2D eigenvalue weighted by Gasteiger charge is -2.25. The summed E-state index contributed by atoms with van der Waals surface area (Å²) in [5.41, 5.74) is 1.74. The van der Waals surface area contributed by atoms with Gasteiger partial charge in [-0.1, -0.05) is 0 Å². The van der Waals surface area contributed by atoms with Crippen LogP contribution in [-0.4, -0.2) is 46.5 Å². The van der Waals surface area contributed by atoms with Gasteiger partial charge in [0.2, 0.25) is 10.0 Å². The molecule has 0 atom stereocenters. The Labute approximate surface area is 123 Å². The Kier molecular flexibility index (Phi) is 4.56. The van der Waals surface area contributed by atoms with Crippen LogP contribution in [0.15, 0.2) is 23.1 Å². The molecule has 0 spiro atoms. The first-order chi connectivity index (χ1) is 9.86. The zero-order chi connectivity index (χ0) is 15.6. The second-order valence-electron chi connectivity index (χ2n) is 4.33. The van der Waals surface area contributed by atoms with Crippen LogP contribution in [0, 0.1) is 10.1 Å². The molecule has 0 aliphatic carbocycles. The predicted octanol–water partition coefficient (Wildman–Crippen LogP) is -0.367. The van der Waals surface area contributed by atoms with Crippen LogP contribution in [0.5, 0.6) is 0 Å². The fraction of sp³-hybridized carbons (Fsp3) is 0.400. The Hall–Kier alpha value is -1.56. The van der Waals surface area contributed by atoms with Gasteiger partial charge in [0.05, 0.1) is 9.82 Å². The molecule has 1 fully saturated rings. The number of sulfonamides is 1. The molecule has 9 nitrogen and oxygen atoms in total. The highest BCUT2D eigenvalue weighted by Crippen LogP contribution is 2.28. The van der Waals surface area contributed by atoms with E-state index in [1.165, 1.54) is 10.4 Å². The van der Waals surface area contributed by atoms with E-state index in [1.54, 1.807) is 0 Å². The number of nitrogens with two attached hydrogens (primary N) is 1. The van der Waals surface area contributed by atoms with Crippen molar-refractivity contribution >= 4 is 32.2 Å². The molecule has 0 saturated carbocycles. The maximum absolute atomic E-state index is 12.4. The quantitative estimate of drug-likeness (QED) is 0.435. The largest absolute Gasteiger partial charge is 0.318 e. The summed E-state index contributed by atoms with van der Waals surface area (Å²) in [6.45, 7) is 0.328. The molecule has 21 heavy (non-hydrogen) atoms. The van der Waals surface area contributed by atoms with Gasteiger partial charge in [-0.25, -0.2) is 8.42 Å². The SMILES string of the molecule is NNc1cc(S(=O)(=O)N2CCS(=O)CC2)ccc1[N+](=O)[O-]. The monoisotopic (exact) mass is 334 g/mol. The molecule has 1 heterocycles. The summed E-state index contributed by atoms with van der Waals surface area (Å²) in [5.74, 6) is 5.77. The Morgan fingerprint density at radius 2 is 1.95 bits per heavy atom. The van der Waals surface area contributed by atoms with Crippen molar-refractivity contribution in [2.75, 3.05) is 30.0 Å². The lowest BCUT2D eigenvalue weighted by atomic mass is 10.3. The maximum atomic E-state index is 12.4. The van der Waals surface area contributed by atoms with Crippen LogP contribution in [0.1, 0.15) is 0 Å². The fourth-order valence-electron chi connectivity index (χ4n) is 1.96. The number of hydrogen-bond acceptors (Lipinski definition) is 7. The van der Waals surface area contributed by atoms with E-state index in [2.05, 4.69) is 5.43 Å². The number of nitrogen functional groups attached to an aromatic ring is 1. The van der Waals surface area contributed by atoms with Gasteiger partial charge in [-0.05, 0) is 12.1 Å². The van der Waals surface area contributed by atoms with Gasteiger partial charge in [0.25, 0.3) is 5.69 Å². The highest BCUT2D eigenvalue weighted by atomic mass is 32.2. The Morgan fingerprint density at radius 3 is 2.48 bits per heavy atom. The van der Waals surface area contributed by atoms with E-state index in [-0.39, 0.29) is 40.9 Å². The van der Waals surface area contributed by atoms with Gasteiger partial charge in [-0.3, -0.25) is 20.2 Å². The van der Waals surface area contributed by atoms with Crippen molar-refractivity contribution in [2.45, 2.75) is 4.90 Å². The van der Waals surface area contributed by atoms with E-state index in [0.717, 1.165) is 12.1 Å². The van der Waals surface area contributed by atoms with Gasteiger partial charge < -0.3 is 5.43 Å². The van der Waals surface area contributed by atoms with Gasteiger partial charge in [0, 0.05) is 41.5 Å². The van der Waals surface area contributed by atoms with E-state index in [4.69, 9.17) is 5.84 Å². The van der Waals surface area contributed by atoms with Crippen LogP contribution in [0.3, 0.4) is 0 Å². The van der Waals surface area contributed by atoms with E-state index in [0.29, 0.717) is 0 Å². The van der Waals surface area contributed by atoms with Crippen molar-refractivity contribution < 1.29 is 17.6 Å². The van der Waals surface area contributed by atoms with Gasteiger partial charge in [0.15, 0.2) is 0 Å². The number of hydrazine groups is 1. The number of nitrogens with zero attached hydrogens (tertiary/aromatic N) is 2. The minimum atomic E-state index is -3.78. The Morgan fingerprint density at radius 1 is 1.33 bits per heavy atom. The van der Waals surface area contributed by atoms with Crippen LogP contribution in [0.2, 0.25) is 0 Å². The highest BCUT2D eigenvalue weighted by molar-refractivity contribution is 7.89. The normalized spacial score (nSPS) is 17.6. The molecule has 0 bridgehead atoms. The van der Waals surface area contributed by atoms with Gasteiger partial charge in [0.1, 0.15) is 5.69 Å². The van der Waals surface area contributed by atoms with Crippen LogP contribution in [0.25, 0.3) is 0 Å². The minimum Gasteiger partial charge on any atom is -0.318 e. The number of nitro benzene ring substituents is 1. The van der Waals surface area contributed by atoms with E-state index >= 15 is 0 Å². The van der Waals surface area contributed by atoms with Crippen molar-refractivity contribution in [1.29, 1.82) is 0 Å². The molecule has 11 heteroatoms. The van der Waals surface area contributed by atoms with E-state index in [9.17, 15) is 22.7 Å². The Bertz CT molecular complexity index is 681. The summed E-state index contributed by atoms with van der Waals surface area (Å²) in [6.07, 6.45) is 0. The smallest absolute Gasteiger partial charge is 0.293 e. The molecule has 1 aromatic rings. The number of nitrogens with one attached hydrogen (secondary N) is 1. The molecule has 0 radical (unpaired) electrons. The summed E-state index contributed by atoms with van der Waals surface area (Å²) in [5, 5.41) is 10.8. The average molecular weight is 334 g/mol. The van der Waals surface area contributed by atoms with E-state index in [1.807, 2.05) is 0 Å². The highest BCUT2D eigenvalue weighted by Gasteiger charge is 2.29. The van der Waals surface area contributed by atoms with Crippen LogP contribution < -0.4 is 11.3 Å². The van der Waals surface area contributed by atoms with Crippen LogP contribution in [0.4, 0.5) is 11.4 Å². The van der Waals surface area contributed by atoms with Crippen LogP contribution >= 0.6 is 0 Å². The molecule has 116 valence electrons. The molecule has 0 aromatic heterocycles. The zero-order valence-corrected chi connectivity index (χ0v) is 12.5. The molecular weight excluding hydrogens is 320 g/mol. The van der Waals surface area contributed by atoms with Gasteiger partial charge in [-0.15, -0.1) is 0 Å². The molecule has 2 rings (SSSR count). The third-order valence-electron chi connectivity index (χ3n) is 3.09. The standard InChI is InChI=1S/C10H14N4O5S2/c11-12-9-7-8(1-2-10(9)14(15)16)21(18,19)13-3-5-20(17)6-4-13/h1-2,7,12H,3-6,11H2. The first-order valence-corrected chi connectivity index (χ1v) is 8.89. The lowest BCUT2D eigenvalue weighted by Crippen LogP contribution is -2.41. The topological polar surface area (TPSA) is 136 Å². The summed E-state index contributed by atoms with van der Waals surface area (Å²) in [7, 11) is -4.78. The van der Waals surface area contributed by atoms with Crippen molar-refractivity contribution in [1.82, 2.24) is 4.31 Å². The van der Waals surface area contributed by atoms with Crippen molar-refractivity contribution in [3.63, 3.8) is 0 Å². The molecule has 0 unspecified atom stereocenters. The molecule has 1 aromatic carbocycles. The molecular formula is C10H14N4O5S2. The van der Waals surface area contributed by atoms with E-state index < -0.39 is 25.7 Å². The Balaban J connectivity index is 2.36. The van der Waals surface area contributed by atoms with Crippen molar-refractivity contribution in [3.8, 4) is 0 Å².